The minimum atomic E-state index is 0. The number of nitrogens with zero attached hydrogens (tertiary/aromatic N) is 2. The lowest BCUT2D eigenvalue weighted by Crippen LogP contribution is -2.33. The van der Waals surface area contributed by atoms with Gasteiger partial charge in [-0.15, -0.1) is 24.0 Å². The SMILES string of the molecule is I.NC(=NCc1ccc2ccccc2c1)NCCc1ccccn1. The lowest BCUT2D eigenvalue weighted by atomic mass is 10.1. The van der Waals surface area contributed by atoms with Crippen LogP contribution in [0.4, 0.5) is 0 Å². The van der Waals surface area contributed by atoms with Gasteiger partial charge in [-0.2, -0.15) is 0 Å². The third kappa shape index (κ3) is 5.19. The van der Waals surface area contributed by atoms with E-state index in [1.54, 1.807) is 6.20 Å². The summed E-state index contributed by atoms with van der Waals surface area (Å²) in [5.41, 5.74) is 8.11. The van der Waals surface area contributed by atoms with Gasteiger partial charge in [0.2, 0.25) is 0 Å². The Morgan fingerprint density at radius 2 is 1.79 bits per heavy atom. The summed E-state index contributed by atoms with van der Waals surface area (Å²) >= 11 is 0. The smallest absolute Gasteiger partial charge is 0.188 e. The van der Waals surface area contributed by atoms with Gasteiger partial charge >= 0.3 is 0 Å². The zero-order valence-corrected chi connectivity index (χ0v) is 15.7. The Balaban J connectivity index is 0.00000208. The van der Waals surface area contributed by atoms with E-state index in [9.17, 15) is 0 Å². The van der Waals surface area contributed by atoms with Gasteiger partial charge in [-0.05, 0) is 34.5 Å². The molecule has 24 heavy (non-hydrogen) atoms. The first kappa shape index (κ1) is 18.2. The molecule has 0 fully saturated rings. The molecule has 0 bridgehead atoms. The number of benzene rings is 2. The molecule has 0 spiro atoms. The lowest BCUT2D eigenvalue weighted by Gasteiger charge is -2.06. The topological polar surface area (TPSA) is 63.3 Å². The first-order chi connectivity index (χ1) is 11.3. The van der Waals surface area contributed by atoms with E-state index >= 15 is 0 Å². The van der Waals surface area contributed by atoms with Gasteiger partial charge in [0.25, 0.3) is 0 Å². The number of aliphatic imine (C=N–C) groups is 1. The van der Waals surface area contributed by atoms with Crippen LogP contribution in [0.2, 0.25) is 0 Å². The number of halogens is 1. The summed E-state index contributed by atoms with van der Waals surface area (Å²) in [4.78, 5) is 8.67. The number of pyridine rings is 1. The Kier molecular flexibility index (Phi) is 6.99. The van der Waals surface area contributed by atoms with Crippen LogP contribution in [0.5, 0.6) is 0 Å². The summed E-state index contributed by atoms with van der Waals surface area (Å²) in [6.45, 7) is 1.30. The number of fused-ring (bicyclic) bond motifs is 1. The fraction of sp³-hybridized carbons (Fsp3) is 0.158. The molecule has 3 aromatic rings. The Hall–Kier alpha value is -2.15. The zero-order valence-electron chi connectivity index (χ0n) is 13.4. The van der Waals surface area contributed by atoms with Crippen LogP contribution in [0.25, 0.3) is 10.8 Å². The van der Waals surface area contributed by atoms with E-state index in [4.69, 9.17) is 5.73 Å². The summed E-state index contributed by atoms with van der Waals surface area (Å²) in [5.74, 6) is 0.467. The maximum atomic E-state index is 5.92. The summed E-state index contributed by atoms with van der Waals surface area (Å²) in [6, 6.07) is 20.6. The van der Waals surface area contributed by atoms with Gasteiger partial charge in [0, 0.05) is 24.9 Å². The minimum absolute atomic E-state index is 0. The van der Waals surface area contributed by atoms with Gasteiger partial charge in [-0.1, -0.05) is 42.5 Å². The molecule has 0 aliphatic heterocycles. The van der Waals surface area contributed by atoms with Crippen LogP contribution >= 0.6 is 24.0 Å². The number of hydrogen-bond donors (Lipinski definition) is 2. The largest absolute Gasteiger partial charge is 0.370 e. The molecule has 3 rings (SSSR count). The number of nitrogens with two attached hydrogens (primary N) is 1. The van der Waals surface area contributed by atoms with E-state index in [1.807, 2.05) is 30.3 Å². The quantitative estimate of drug-likeness (QED) is 0.369. The summed E-state index contributed by atoms with van der Waals surface area (Å²) in [6.07, 6.45) is 2.62. The van der Waals surface area contributed by atoms with E-state index in [1.165, 1.54) is 10.8 Å². The van der Waals surface area contributed by atoms with Crippen LogP contribution in [0.3, 0.4) is 0 Å². The molecule has 0 atom stereocenters. The van der Waals surface area contributed by atoms with Crippen molar-refractivity contribution >= 4 is 40.7 Å². The van der Waals surface area contributed by atoms with Gasteiger partial charge in [0.05, 0.1) is 6.54 Å². The van der Waals surface area contributed by atoms with Crippen molar-refractivity contribution in [1.82, 2.24) is 10.3 Å². The normalized spacial score (nSPS) is 11.1. The molecule has 4 nitrogen and oxygen atoms in total. The maximum absolute atomic E-state index is 5.92. The summed E-state index contributed by atoms with van der Waals surface area (Å²) in [5, 5.41) is 5.59. The number of aromatic nitrogens is 1. The van der Waals surface area contributed by atoms with Gasteiger partial charge in [-0.3, -0.25) is 4.98 Å². The van der Waals surface area contributed by atoms with Crippen molar-refractivity contribution in [3.8, 4) is 0 Å². The molecule has 124 valence electrons. The van der Waals surface area contributed by atoms with E-state index in [-0.39, 0.29) is 24.0 Å². The number of nitrogens with one attached hydrogen (secondary N) is 1. The minimum Gasteiger partial charge on any atom is -0.370 e. The highest BCUT2D eigenvalue weighted by molar-refractivity contribution is 14.0. The number of guanidine groups is 1. The van der Waals surface area contributed by atoms with E-state index < -0.39 is 0 Å². The van der Waals surface area contributed by atoms with E-state index in [0.29, 0.717) is 12.5 Å². The molecule has 5 heteroatoms. The third-order valence-electron chi connectivity index (χ3n) is 3.66. The van der Waals surface area contributed by atoms with Gasteiger partial charge in [-0.25, -0.2) is 4.99 Å². The van der Waals surface area contributed by atoms with Gasteiger partial charge in [0.15, 0.2) is 5.96 Å². The van der Waals surface area contributed by atoms with Gasteiger partial charge < -0.3 is 11.1 Å². The van der Waals surface area contributed by atoms with Crippen molar-refractivity contribution in [3.63, 3.8) is 0 Å². The van der Waals surface area contributed by atoms with Crippen LogP contribution in [0.1, 0.15) is 11.3 Å². The number of hydrogen-bond acceptors (Lipinski definition) is 2. The number of rotatable bonds is 5. The Labute approximate surface area is 159 Å². The van der Waals surface area contributed by atoms with Crippen molar-refractivity contribution in [2.45, 2.75) is 13.0 Å². The average Bonchev–Trinajstić information content (AvgIpc) is 2.61. The second-order valence-corrected chi connectivity index (χ2v) is 5.38. The average molecular weight is 432 g/mol. The van der Waals surface area contributed by atoms with Crippen LogP contribution in [-0.4, -0.2) is 17.5 Å². The molecular weight excluding hydrogens is 411 g/mol. The Morgan fingerprint density at radius 1 is 1.00 bits per heavy atom. The molecule has 0 aliphatic carbocycles. The third-order valence-corrected chi connectivity index (χ3v) is 3.66. The monoisotopic (exact) mass is 432 g/mol. The molecule has 2 aromatic carbocycles. The summed E-state index contributed by atoms with van der Waals surface area (Å²) < 4.78 is 0. The van der Waals surface area contributed by atoms with E-state index in [2.05, 4.69) is 45.6 Å². The van der Waals surface area contributed by atoms with Crippen LogP contribution < -0.4 is 11.1 Å². The maximum Gasteiger partial charge on any atom is 0.188 e. The Bertz CT molecular complexity index is 803. The lowest BCUT2D eigenvalue weighted by molar-refractivity contribution is 0.827. The molecule has 0 aliphatic rings. The van der Waals surface area contributed by atoms with Crippen molar-refractivity contribution in [3.05, 3.63) is 78.1 Å². The Morgan fingerprint density at radius 3 is 2.58 bits per heavy atom. The molecular formula is C19H21IN4. The molecule has 0 amide bonds. The predicted octanol–water partition coefficient (Wildman–Crippen LogP) is 3.50. The molecule has 0 saturated heterocycles. The highest BCUT2D eigenvalue weighted by Gasteiger charge is 1.97. The summed E-state index contributed by atoms with van der Waals surface area (Å²) in [7, 11) is 0. The molecule has 0 radical (unpaired) electrons. The first-order valence-electron chi connectivity index (χ1n) is 7.73. The molecule has 1 aromatic heterocycles. The molecule has 3 N–H and O–H groups in total. The molecule has 0 unspecified atom stereocenters. The standard InChI is InChI=1S/C19H20N4.HI/c20-19(22-12-10-18-7-3-4-11-21-18)23-14-15-8-9-16-5-1-2-6-17(16)13-15;/h1-9,11,13H,10,12,14H2,(H3,20,22,23);1H. The first-order valence-corrected chi connectivity index (χ1v) is 7.73. The second kappa shape index (κ2) is 9.22. The fourth-order valence-corrected chi connectivity index (χ4v) is 2.43. The van der Waals surface area contributed by atoms with E-state index in [0.717, 1.165) is 24.2 Å². The highest BCUT2D eigenvalue weighted by Crippen LogP contribution is 2.15. The highest BCUT2D eigenvalue weighted by atomic mass is 127. The van der Waals surface area contributed by atoms with Crippen LogP contribution in [0.15, 0.2) is 71.9 Å². The van der Waals surface area contributed by atoms with Crippen LogP contribution in [0, 0.1) is 0 Å². The van der Waals surface area contributed by atoms with Crippen LogP contribution in [-0.2, 0) is 13.0 Å². The van der Waals surface area contributed by atoms with Gasteiger partial charge in [0.1, 0.15) is 0 Å². The van der Waals surface area contributed by atoms with Crippen molar-refractivity contribution in [1.29, 1.82) is 0 Å². The second-order valence-electron chi connectivity index (χ2n) is 5.38. The van der Waals surface area contributed by atoms with Crippen molar-refractivity contribution in [2.75, 3.05) is 6.54 Å². The predicted molar refractivity (Wildman–Crippen MR) is 111 cm³/mol. The zero-order chi connectivity index (χ0) is 15.9. The van der Waals surface area contributed by atoms with Crippen molar-refractivity contribution < 1.29 is 0 Å². The molecule has 0 saturated carbocycles. The fourth-order valence-electron chi connectivity index (χ4n) is 2.43. The molecule has 1 heterocycles. The van der Waals surface area contributed by atoms with Crippen molar-refractivity contribution in [2.24, 2.45) is 10.7 Å².